The summed E-state index contributed by atoms with van der Waals surface area (Å²) in [6, 6.07) is 0. The molecule has 23 heavy (non-hydrogen) atoms. The smallest absolute Gasteiger partial charge is 0.242 e. The Balaban J connectivity index is 0.00000264. The van der Waals surface area contributed by atoms with E-state index in [0.717, 1.165) is 51.4 Å². The van der Waals surface area contributed by atoms with Gasteiger partial charge in [-0.2, -0.15) is 0 Å². The van der Waals surface area contributed by atoms with Crippen LogP contribution in [-0.4, -0.2) is 54.0 Å². The van der Waals surface area contributed by atoms with E-state index in [0.29, 0.717) is 0 Å². The van der Waals surface area contributed by atoms with Gasteiger partial charge >= 0.3 is 0 Å². The molecule has 4 nitrogen and oxygen atoms in total. The van der Waals surface area contributed by atoms with Gasteiger partial charge in [-0.25, -0.2) is 0 Å². The summed E-state index contributed by atoms with van der Waals surface area (Å²) < 4.78 is 0. The Morgan fingerprint density at radius 1 is 1.09 bits per heavy atom. The van der Waals surface area contributed by atoms with Crippen LogP contribution in [0.3, 0.4) is 0 Å². The van der Waals surface area contributed by atoms with Gasteiger partial charge in [0.15, 0.2) is 0 Å². The molecular formula is C18H36ClN3O. The fourth-order valence-corrected chi connectivity index (χ4v) is 4.08. The van der Waals surface area contributed by atoms with Crippen molar-refractivity contribution in [3.05, 3.63) is 0 Å². The Kier molecular flexibility index (Phi) is 8.88. The van der Waals surface area contributed by atoms with Crippen LogP contribution in [0.2, 0.25) is 0 Å². The van der Waals surface area contributed by atoms with Crippen molar-refractivity contribution >= 4 is 18.3 Å². The van der Waals surface area contributed by atoms with E-state index in [1.54, 1.807) is 0 Å². The van der Waals surface area contributed by atoms with Gasteiger partial charge in [0.2, 0.25) is 5.91 Å². The van der Waals surface area contributed by atoms with Crippen molar-refractivity contribution in [2.24, 2.45) is 11.7 Å². The number of rotatable bonds is 5. The molecule has 2 aliphatic rings. The molecule has 1 heterocycles. The van der Waals surface area contributed by atoms with Crippen LogP contribution in [0, 0.1) is 5.92 Å². The predicted octanol–water partition coefficient (Wildman–Crippen LogP) is 3.04. The second kappa shape index (κ2) is 9.85. The third kappa shape index (κ3) is 6.24. The Labute approximate surface area is 148 Å². The fourth-order valence-electron chi connectivity index (χ4n) is 4.08. The molecule has 1 amide bonds. The third-order valence-electron chi connectivity index (χ3n) is 5.37. The number of hydrogen-bond donors (Lipinski definition) is 1. The van der Waals surface area contributed by atoms with E-state index < -0.39 is 5.54 Å². The van der Waals surface area contributed by atoms with Crippen molar-refractivity contribution in [3.63, 3.8) is 0 Å². The minimum Gasteiger partial charge on any atom is -0.340 e. The van der Waals surface area contributed by atoms with Crippen LogP contribution in [0.25, 0.3) is 0 Å². The van der Waals surface area contributed by atoms with E-state index in [1.165, 1.54) is 38.6 Å². The molecule has 1 atom stereocenters. The first-order valence-electron chi connectivity index (χ1n) is 9.33. The number of nitrogens with two attached hydrogens (primary N) is 1. The highest BCUT2D eigenvalue weighted by atomic mass is 35.5. The predicted molar refractivity (Wildman–Crippen MR) is 99.0 cm³/mol. The summed E-state index contributed by atoms with van der Waals surface area (Å²) >= 11 is 0. The topological polar surface area (TPSA) is 49.6 Å². The lowest BCUT2D eigenvalue weighted by Crippen LogP contribution is -2.54. The molecule has 2 N–H and O–H groups in total. The number of hydrogen-bond acceptors (Lipinski definition) is 3. The van der Waals surface area contributed by atoms with Crippen molar-refractivity contribution in [2.75, 3.05) is 32.7 Å². The monoisotopic (exact) mass is 345 g/mol. The number of halogens is 1. The van der Waals surface area contributed by atoms with Crippen molar-refractivity contribution in [3.8, 4) is 0 Å². The summed E-state index contributed by atoms with van der Waals surface area (Å²) in [7, 11) is 0. The molecule has 1 saturated heterocycles. The zero-order valence-corrected chi connectivity index (χ0v) is 15.9. The van der Waals surface area contributed by atoms with Gasteiger partial charge in [-0.05, 0) is 45.1 Å². The normalized spacial score (nSPS) is 23.7. The standard InChI is InChI=1S/C18H35N3O.ClH/c1-3-10-18(2,19)17(22)21-12-7-11-20(13-14-21)15-16-8-5-4-6-9-16;/h16H,3-15,19H2,1-2H3;1H. The Hall–Kier alpha value is -0.320. The average Bonchev–Trinajstić information content (AvgIpc) is 2.73. The van der Waals surface area contributed by atoms with Crippen LogP contribution in [0.1, 0.15) is 65.2 Å². The largest absolute Gasteiger partial charge is 0.340 e. The van der Waals surface area contributed by atoms with Gasteiger partial charge in [0, 0.05) is 26.2 Å². The molecule has 2 rings (SSSR count). The van der Waals surface area contributed by atoms with Gasteiger partial charge in [-0.3, -0.25) is 4.79 Å². The van der Waals surface area contributed by atoms with E-state index in [2.05, 4.69) is 11.8 Å². The first-order chi connectivity index (χ1) is 10.5. The van der Waals surface area contributed by atoms with Crippen molar-refractivity contribution in [1.82, 2.24) is 9.80 Å². The lowest BCUT2D eigenvalue weighted by Gasteiger charge is -2.31. The Morgan fingerprint density at radius 2 is 1.78 bits per heavy atom. The molecule has 0 aromatic carbocycles. The summed E-state index contributed by atoms with van der Waals surface area (Å²) in [4.78, 5) is 17.2. The summed E-state index contributed by atoms with van der Waals surface area (Å²) in [5.74, 6) is 1.03. The highest BCUT2D eigenvalue weighted by molar-refractivity contribution is 5.86. The third-order valence-corrected chi connectivity index (χ3v) is 5.37. The zero-order chi connectivity index (χ0) is 16.0. The number of amides is 1. The van der Waals surface area contributed by atoms with Gasteiger partial charge in [0.25, 0.3) is 0 Å². The van der Waals surface area contributed by atoms with Crippen molar-refractivity contribution < 1.29 is 4.79 Å². The van der Waals surface area contributed by atoms with E-state index >= 15 is 0 Å². The summed E-state index contributed by atoms with van der Waals surface area (Å²) in [6.45, 7) is 9.09. The lowest BCUT2D eigenvalue weighted by molar-refractivity contribution is -0.136. The Bertz CT molecular complexity index is 356. The van der Waals surface area contributed by atoms with Gasteiger partial charge in [-0.15, -0.1) is 12.4 Å². The number of carbonyl (C=O) groups excluding carboxylic acids is 1. The second-order valence-corrected chi connectivity index (χ2v) is 7.62. The highest BCUT2D eigenvalue weighted by Crippen LogP contribution is 2.25. The molecule has 1 unspecified atom stereocenters. The second-order valence-electron chi connectivity index (χ2n) is 7.62. The lowest BCUT2D eigenvalue weighted by atomic mass is 9.89. The zero-order valence-electron chi connectivity index (χ0n) is 15.1. The van der Waals surface area contributed by atoms with Gasteiger partial charge in [0.05, 0.1) is 5.54 Å². The molecule has 2 fully saturated rings. The first-order valence-corrected chi connectivity index (χ1v) is 9.33. The van der Waals surface area contributed by atoms with Crippen LogP contribution < -0.4 is 5.73 Å². The summed E-state index contributed by atoms with van der Waals surface area (Å²) in [6.07, 6.45) is 9.85. The van der Waals surface area contributed by atoms with Gasteiger partial charge < -0.3 is 15.5 Å². The molecular weight excluding hydrogens is 310 g/mol. The van der Waals surface area contributed by atoms with Crippen LogP contribution in [-0.2, 0) is 4.79 Å². The van der Waals surface area contributed by atoms with Crippen LogP contribution in [0.5, 0.6) is 0 Å². The average molecular weight is 346 g/mol. The van der Waals surface area contributed by atoms with Gasteiger partial charge in [-0.1, -0.05) is 32.6 Å². The minimum atomic E-state index is -0.687. The fraction of sp³-hybridized carbons (Fsp3) is 0.944. The maximum Gasteiger partial charge on any atom is 0.242 e. The van der Waals surface area contributed by atoms with Crippen LogP contribution in [0.15, 0.2) is 0 Å². The molecule has 1 saturated carbocycles. The van der Waals surface area contributed by atoms with E-state index in [1.807, 2.05) is 11.8 Å². The van der Waals surface area contributed by atoms with Crippen LogP contribution >= 0.6 is 12.4 Å². The van der Waals surface area contributed by atoms with E-state index in [4.69, 9.17) is 5.73 Å². The molecule has 136 valence electrons. The molecule has 0 aromatic heterocycles. The number of carbonyl (C=O) groups is 1. The first kappa shape index (κ1) is 20.7. The molecule has 0 bridgehead atoms. The molecule has 0 spiro atoms. The quantitative estimate of drug-likeness (QED) is 0.833. The molecule has 1 aliphatic carbocycles. The summed E-state index contributed by atoms with van der Waals surface area (Å²) in [5.41, 5.74) is 5.54. The van der Waals surface area contributed by atoms with E-state index in [9.17, 15) is 4.79 Å². The maximum absolute atomic E-state index is 12.6. The molecule has 0 aromatic rings. The molecule has 1 aliphatic heterocycles. The van der Waals surface area contributed by atoms with Gasteiger partial charge in [0.1, 0.15) is 0 Å². The summed E-state index contributed by atoms with van der Waals surface area (Å²) in [5, 5.41) is 0. The van der Waals surface area contributed by atoms with Crippen molar-refractivity contribution in [2.45, 2.75) is 70.8 Å². The Morgan fingerprint density at radius 3 is 2.43 bits per heavy atom. The molecule has 0 radical (unpaired) electrons. The maximum atomic E-state index is 12.6. The SMILES string of the molecule is CCCC(C)(N)C(=O)N1CCCN(CC2CCCCC2)CC1.Cl. The molecule has 5 heteroatoms. The van der Waals surface area contributed by atoms with Crippen molar-refractivity contribution in [1.29, 1.82) is 0 Å². The number of nitrogens with zero attached hydrogens (tertiary/aromatic N) is 2. The minimum absolute atomic E-state index is 0. The van der Waals surface area contributed by atoms with Crippen LogP contribution in [0.4, 0.5) is 0 Å². The highest BCUT2D eigenvalue weighted by Gasteiger charge is 2.32. The van der Waals surface area contributed by atoms with E-state index in [-0.39, 0.29) is 18.3 Å².